The molecule has 1 saturated carbocycles. The summed E-state index contributed by atoms with van der Waals surface area (Å²) in [4.78, 5) is 12.3. The third kappa shape index (κ3) is 5.56. The Morgan fingerprint density at radius 1 is 1.12 bits per heavy atom. The number of amides is 1. The molecule has 1 aliphatic carbocycles. The molecule has 0 aliphatic heterocycles. The van der Waals surface area contributed by atoms with Gasteiger partial charge >= 0.3 is 0 Å². The number of nitrogens with one attached hydrogen (secondary N) is 1. The van der Waals surface area contributed by atoms with E-state index in [2.05, 4.69) is 56.5 Å². The molecule has 32 heavy (non-hydrogen) atoms. The summed E-state index contributed by atoms with van der Waals surface area (Å²) in [5.74, 6) is 1.05. The Kier molecular flexibility index (Phi) is 7.21. The highest BCUT2D eigenvalue weighted by Crippen LogP contribution is 2.35. The van der Waals surface area contributed by atoms with Crippen LogP contribution in [0.5, 0.6) is 5.75 Å². The number of rotatable bonds is 7. The van der Waals surface area contributed by atoms with Gasteiger partial charge in [-0.3, -0.25) is 9.36 Å². The summed E-state index contributed by atoms with van der Waals surface area (Å²) in [6, 6.07) is 15.3. The molecule has 1 fully saturated rings. The summed E-state index contributed by atoms with van der Waals surface area (Å²) in [5.41, 5.74) is 5.59. The maximum absolute atomic E-state index is 12.3. The summed E-state index contributed by atoms with van der Waals surface area (Å²) >= 11 is 1.39. The minimum atomic E-state index is -0.208. The van der Waals surface area contributed by atoms with Crippen molar-refractivity contribution in [1.82, 2.24) is 20.2 Å². The zero-order valence-corrected chi connectivity index (χ0v) is 18.9. The number of aryl methyl sites for hydroxylation is 1. The number of aromatic nitrogens is 3. The highest BCUT2D eigenvalue weighted by molar-refractivity contribution is 7.99. The summed E-state index contributed by atoms with van der Waals surface area (Å²) < 4.78 is 2.22. The number of thioether (sulfide) groups is 1. The van der Waals surface area contributed by atoms with E-state index in [0.29, 0.717) is 6.04 Å². The maximum Gasteiger partial charge on any atom is 0.250 e. The Bertz CT molecular complexity index is 1070. The van der Waals surface area contributed by atoms with Crippen molar-refractivity contribution in [2.45, 2.75) is 50.2 Å². The second-order valence-corrected chi connectivity index (χ2v) is 8.95. The van der Waals surface area contributed by atoms with Crippen LogP contribution in [0.4, 0.5) is 0 Å². The first-order valence-corrected chi connectivity index (χ1v) is 11.8. The zero-order chi connectivity index (χ0) is 22.3. The molecule has 1 aliphatic rings. The fourth-order valence-corrected chi connectivity index (χ4v) is 4.64. The highest BCUT2D eigenvalue weighted by atomic mass is 32.2. The molecule has 0 saturated heterocycles. The molecule has 0 atom stereocenters. The molecule has 4 rings (SSSR count). The van der Waals surface area contributed by atoms with Crippen molar-refractivity contribution in [3.05, 3.63) is 59.7 Å². The maximum atomic E-state index is 12.3. The van der Waals surface area contributed by atoms with Gasteiger partial charge in [0, 0.05) is 11.6 Å². The molecule has 7 nitrogen and oxygen atoms in total. The van der Waals surface area contributed by atoms with Gasteiger partial charge in [0.25, 0.3) is 5.91 Å². The summed E-state index contributed by atoms with van der Waals surface area (Å²) in [6.45, 7) is 2.07. The monoisotopic (exact) mass is 449 g/mol. The Hall–Kier alpha value is -3.13. The molecule has 1 aromatic heterocycles. The van der Waals surface area contributed by atoms with Gasteiger partial charge < -0.3 is 5.11 Å². The lowest BCUT2D eigenvalue weighted by molar-refractivity contribution is -0.118. The quantitative estimate of drug-likeness (QED) is 0.310. The van der Waals surface area contributed by atoms with E-state index in [1.54, 1.807) is 30.5 Å². The third-order valence-corrected chi connectivity index (χ3v) is 6.49. The van der Waals surface area contributed by atoms with Gasteiger partial charge in [-0.1, -0.05) is 60.9 Å². The van der Waals surface area contributed by atoms with Crippen LogP contribution in [0.15, 0.2) is 58.8 Å². The fourth-order valence-electron chi connectivity index (χ4n) is 3.84. The number of hydrogen-bond donors (Lipinski definition) is 2. The van der Waals surface area contributed by atoms with E-state index in [0.717, 1.165) is 34.9 Å². The van der Waals surface area contributed by atoms with Crippen molar-refractivity contribution in [3.8, 4) is 17.1 Å². The van der Waals surface area contributed by atoms with E-state index in [1.807, 2.05) is 0 Å². The highest BCUT2D eigenvalue weighted by Gasteiger charge is 2.24. The number of nitrogens with zero attached hydrogens (tertiary/aromatic N) is 4. The number of aromatic hydroxyl groups is 1. The van der Waals surface area contributed by atoms with Gasteiger partial charge in [0.05, 0.1) is 12.0 Å². The molecule has 0 bridgehead atoms. The summed E-state index contributed by atoms with van der Waals surface area (Å²) in [7, 11) is 0. The molecule has 0 radical (unpaired) electrons. The van der Waals surface area contributed by atoms with E-state index in [1.165, 1.54) is 36.6 Å². The number of hydrogen-bond acceptors (Lipinski definition) is 6. The molecular formula is C24H27N5O2S. The van der Waals surface area contributed by atoms with Crippen molar-refractivity contribution < 1.29 is 9.90 Å². The second-order valence-electron chi connectivity index (χ2n) is 8.01. The largest absolute Gasteiger partial charge is 0.508 e. The van der Waals surface area contributed by atoms with Crippen molar-refractivity contribution >= 4 is 23.9 Å². The van der Waals surface area contributed by atoms with Gasteiger partial charge in [0.1, 0.15) is 5.75 Å². The van der Waals surface area contributed by atoms with E-state index in [9.17, 15) is 9.90 Å². The first kappa shape index (κ1) is 22.1. The van der Waals surface area contributed by atoms with Gasteiger partial charge in [0.2, 0.25) is 0 Å². The Labute approximate surface area is 192 Å². The van der Waals surface area contributed by atoms with Crippen LogP contribution in [0.25, 0.3) is 11.4 Å². The van der Waals surface area contributed by atoms with Crippen molar-refractivity contribution in [1.29, 1.82) is 0 Å². The topological polar surface area (TPSA) is 92.4 Å². The van der Waals surface area contributed by atoms with Gasteiger partial charge in [-0.15, -0.1) is 10.2 Å². The normalized spacial score (nSPS) is 14.7. The van der Waals surface area contributed by atoms with Crippen LogP contribution in [-0.4, -0.2) is 37.7 Å². The predicted octanol–water partition coefficient (Wildman–Crippen LogP) is 4.71. The number of carbonyl (C=O) groups is 1. The molecule has 166 valence electrons. The molecule has 8 heteroatoms. The van der Waals surface area contributed by atoms with Crippen molar-refractivity contribution in [2.75, 3.05) is 5.75 Å². The Morgan fingerprint density at radius 3 is 2.56 bits per heavy atom. The standard InChI is InChI=1S/C24H27N5O2S/c1-17-7-11-19(12-8-17)23-27-28-24(29(23)20-5-3-2-4-6-20)32-16-22(31)26-25-15-18-9-13-21(30)14-10-18/h7-15,20,30H,2-6,16H2,1H3,(H,26,31)/b25-15+. The van der Waals surface area contributed by atoms with Crippen LogP contribution in [0.2, 0.25) is 0 Å². The molecule has 1 amide bonds. The lowest BCUT2D eigenvalue weighted by Gasteiger charge is -2.25. The van der Waals surface area contributed by atoms with Gasteiger partial charge in [0.15, 0.2) is 11.0 Å². The minimum absolute atomic E-state index is 0.190. The van der Waals surface area contributed by atoms with Crippen LogP contribution in [0.3, 0.4) is 0 Å². The average Bonchev–Trinajstić information content (AvgIpc) is 3.24. The van der Waals surface area contributed by atoms with Crippen molar-refractivity contribution in [3.63, 3.8) is 0 Å². The second kappa shape index (κ2) is 10.5. The smallest absolute Gasteiger partial charge is 0.250 e. The van der Waals surface area contributed by atoms with E-state index in [4.69, 9.17) is 0 Å². The molecule has 2 N–H and O–H groups in total. The van der Waals surface area contributed by atoms with Gasteiger partial charge in [-0.05, 0) is 49.6 Å². The lowest BCUT2D eigenvalue weighted by Crippen LogP contribution is -2.20. The third-order valence-electron chi connectivity index (χ3n) is 5.54. The van der Waals surface area contributed by atoms with Gasteiger partial charge in [-0.2, -0.15) is 5.10 Å². The molecule has 2 aromatic carbocycles. The summed E-state index contributed by atoms with van der Waals surface area (Å²) in [5, 5.41) is 23.0. The molecule has 1 heterocycles. The van der Waals surface area contributed by atoms with Crippen LogP contribution in [0.1, 0.15) is 49.3 Å². The molecule has 3 aromatic rings. The lowest BCUT2D eigenvalue weighted by atomic mass is 9.95. The summed E-state index contributed by atoms with van der Waals surface area (Å²) in [6.07, 6.45) is 7.42. The first-order valence-electron chi connectivity index (χ1n) is 10.9. The van der Waals surface area contributed by atoms with Crippen LogP contribution in [-0.2, 0) is 4.79 Å². The van der Waals surface area contributed by atoms with Crippen LogP contribution < -0.4 is 5.43 Å². The number of benzene rings is 2. The fraction of sp³-hybridized carbons (Fsp3) is 0.333. The minimum Gasteiger partial charge on any atom is -0.508 e. The number of phenolic OH excluding ortho intramolecular Hbond substituents is 1. The number of carbonyl (C=O) groups excluding carboxylic acids is 1. The van der Waals surface area contributed by atoms with E-state index in [-0.39, 0.29) is 17.4 Å². The average molecular weight is 450 g/mol. The van der Waals surface area contributed by atoms with Gasteiger partial charge in [-0.25, -0.2) is 5.43 Å². The Balaban J connectivity index is 1.44. The zero-order valence-electron chi connectivity index (χ0n) is 18.1. The van der Waals surface area contributed by atoms with Crippen molar-refractivity contribution in [2.24, 2.45) is 5.10 Å². The SMILES string of the molecule is Cc1ccc(-c2nnc(SCC(=O)N/N=C/c3ccc(O)cc3)n2C2CCCCC2)cc1. The Morgan fingerprint density at radius 2 is 1.84 bits per heavy atom. The molecule has 0 spiro atoms. The van der Waals surface area contributed by atoms with Crippen LogP contribution >= 0.6 is 11.8 Å². The van der Waals surface area contributed by atoms with Crippen LogP contribution in [0, 0.1) is 6.92 Å². The van der Waals surface area contributed by atoms with E-state index >= 15 is 0 Å². The molecule has 0 unspecified atom stereocenters. The van der Waals surface area contributed by atoms with E-state index < -0.39 is 0 Å². The first-order chi connectivity index (χ1) is 15.6. The number of hydrazone groups is 1. The molecular weight excluding hydrogens is 422 g/mol. The number of phenols is 1. The predicted molar refractivity (Wildman–Crippen MR) is 127 cm³/mol.